The molecule has 0 radical (unpaired) electrons. The van der Waals surface area contributed by atoms with E-state index >= 15 is 0 Å². The topological polar surface area (TPSA) is 12.0 Å². The minimum Gasteiger partial charge on any atom is -0.305 e. The number of hydrogen-bond acceptors (Lipinski definition) is 2. The molecule has 1 N–H and O–H groups in total. The summed E-state index contributed by atoms with van der Waals surface area (Å²) in [5.74, 6) is 0. The number of aryl methyl sites for hydroxylation is 2. The quantitative estimate of drug-likeness (QED) is 0.850. The van der Waals surface area contributed by atoms with E-state index in [-0.39, 0.29) is 0 Å². The second-order valence-electron chi connectivity index (χ2n) is 4.47. The van der Waals surface area contributed by atoms with Crippen LogP contribution >= 0.6 is 11.3 Å². The number of thiophene rings is 1. The minimum atomic E-state index is 0.401. The first-order valence-electron chi connectivity index (χ1n) is 6.01. The summed E-state index contributed by atoms with van der Waals surface area (Å²) in [5, 5.41) is 3.58. The van der Waals surface area contributed by atoms with Gasteiger partial charge in [0.05, 0.1) is 0 Å². The van der Waals surface area contributed by atoms with Gasteiger partial charge in [-0.2, -0.15) is 0 Å². The summed E-state index contributed by atoms with van der Waals surface area (Å²) in [6.45, 7) is 7.50. The summed E-state index contributed by atoms with van der Waals surface area (Å²) < 4.78 is 0. The van der Waals surface area contributed by atoms with Crippen molar-refractivity contribution >= 4 is 11.3 Å². The van der Waals surface area contributed by atoms with E-state index in [1.54, 1.807) is 0 Å². The molecule has 0 fully saturated rings. The number of rotatable bonds is 4. The standard InChI is InChI=1S/C15H19NS/c1-11-6-4-5-7-15(11)13(3)16-10-14-9-8-12(2)17-14/h4-9,13,16H,10H2,1-3H3/t13-/m1/s1. The Morgan fingerprint density at radius 2 is 1.88 bits per heavy atom. The fourth-order valence-electron chi connectivity index (χ4n) is 2.02. The van der Waals surface area contributed by atoms with Gasteiger partial charge in [0.2, 0.25) is 0 Å². The lowest BCUT2D eigenvalue weighted by molar-refractivity contribution is 0.576. The Kier molecular flexibility index (Phi) is 3.97. The highest BCUT2D eigenvalue weighted by molar-refractivity contribution is 7.11. The zero-order valence-corrected chi connectivity index (χ0v) is 11.5. The van der Waals surface area contributed by atoms with Crippen LogP contribution in [0.2, 0.25) is 0 Å². The van der Waals surface area contributed by atoms with Crippen molar-refractivity contribution in [3.05, 3.63) is 57.3 Å². The number of hydrogen-bond donors (Lipinski definition) is 1. The molecule has 0 saturated carbocycles. The molecule has 2 aromatic rings. The van der Waals surface area contributed by atoms with Crippen molar-refractivity contribution in [1.29, 1.82) is 0 Å². The van der Waals surface area contributed by atoms with E-state index < -0.39 is 0 Å². The molecule has 0 amide bonds. The van der Waals surface area contributed by atoms with Crippen molar-refractivity contribution in [3.8, 4) is 0 Å². The van der Waals surface area contributed by atoms with Gasteiger partial charge in [-0.15, -0.1) is 11.3 Å². The summed E-state index contributed by atoms with van der Waals surface area (Å²) in [4.78, 5) is 2.79. The van der Waals surface area contributed by atoms with Crippen LogP contribution in [-0.4, -0.2) is 0 Å². The molecular weight excluding hydrogens is 226 g/mol. The van der Waals surface area contributed by atoms with Gasteiger partial charge in [0.1, 0.15) is 0 Å². The third kappa shape index (κ3) is 3.18. The molecule has 0 saturated heterocycles. The van der Waals surface area contributed by atoms with Gasteiger partial charge < -0.3 is 5.32 Å². The molecule has 0 unspecified atom stereocenters. The molecule has 17 heavy (non-hydrogen) atoms. The van der Waals surface area contributed by atoms with Gasteiger partial charge in [0.25, 0.3) is 0 Å². The summed E-state index contributed by atoms with van der Waals surface area (Å²) in [6, 6.07) is 13.4. The molecule has 1 aromatic carbocycles. The Bertz CT molecular complexity index is 487. The van der Waals surface area contributed by atoms with E-state index in [1.165, 1.54) is 20.9 Å². The highest BCUT2D eigenvalue weighted by Gasteiger charge is 2.07. The van der Waals surface area contributed by atoms with Gasteiger partial charge >= 0.3 is 0 Å². The lowest BCUT2D eigenvalue weighted by Gasteiger charge is -2.15. The summed E-state index contributed by atoms with van der Waals surface area (Å²) in [6.07, 6.45) is 0. The maximum Gasteiger partial charge on any atom is 0.0305 e. The van der Waals surface area contributed by atoms with Gasteiger partial charge in [0, 0.05) is 22.3 Å². The molecule has 1 atom stereocenters. The monoisotopic (exact) mass is 245 g/mol. The Morgan fingerprint density at radius 3 is 2.53 bits per heavy atom. The minimum absolute atomic E-state index is 0.401. The molecule has 0 aliphatic heterocycles. The van der Waals surface area contributed by atoms with Crippen molar-refractivity contribution in [2.75, 3.05) is 0 Å². The Hall–Kier alpha value is -1.12. The summed E-state index contributed by atoms with van der Waals surface area (Å²) in [7, 11) is 0. The Morgan fingerprint density at radius 1 is 1.12 bits per heavy atom. The maximum absolute atomic E-state index is 3.58. The first kappa shape index (κ1) is 12.3. The van der Waals surface area contributed by atoms with Gasteiger partial charge in [-0.25, -0.2) is 0 Å². The highest BCUT2D eigenvalue weighted by atomic mass is 32.1. The average molecular weight is 245 g/mol. The van der Waals surface area contributed by atoms with Gasteiger partial charge in [-0.1, -0.05) is 24.3 Å². The second-order valence-corrected chi connectivity index (χ2v) is 5.84. The van der Waals surface area contributed by atoms with Crippen molar-refractivity contribution in [2.24, 2.45) is 0 Å². The van der Waals surface area contributed by atoms with Crippen LogP contribution in [0.5, 0.6) is 0 Å². The van der Waals surface area contributed by atoms with Crippen molar-refractivity contribution in [2.45, 2.75) is 33.4 Å². The molecule has 1 nitrogen and oxygen atoms in total. The molecule has 2 heteroatoms. The highest BCUT2D eigenvalue weighted by Crippen LogP contribution is 2.19. The fourth-order valence-corrected chi connectivity index (χ4v) is 2.86. The zero-order chi connectivity index (χ0) is 12.3. The molecule has 0 aliphatic rings. The molecule has 0 spiro atoms. The third-order valence-corrected chi connectivity index (χ3v) is 4.03. The van der Waals surface area contributed by atoms with Gasteiger partial charge in [-0.05, 0) is 44.0 Å². The molecule has 1 aromatic heterocycles. The molecular formula is C15H19NS. The van der Waals surface area contributed by atoms with E-state index in [0.29, 0.717) is 6.04 Å². The zero-order valence-electron chi connectivity index (χ0n) is 10.7. The van der Waals surface area contributed by atoms with Crippen molar-refractivity contribution in [3.63, 3.8) is 0 Å². The van der Waals surface area contributed by atoms with Gasteiger partial charge in [-0.3, -0.25) is 0 Å². The molecule has 90 valence electrons. The normalized spacial score (nSPS) is 12.6. The SMILES string of the molecule is Cc1ccc(CN[C@H](C)c2ccccc2C)s1. The van der Waals surface area contributed by atoms with E-state index in [1.807, 2.05) is 11.3 Å². The van der Waals surface area contributed by atoms with Crippen LogP contribution in [0.1, 0.15) is 33.8 Å². The molecule has 0 aliphatic carbocycles. The van der Waals surface area contributed by atoms with Crippen LogP contribution in [-0.2, 0) is 6.54 Å². The number of nitrogens with one attached hydrogen (secondary N) is 1. The van der Waals surface area contributed by atoms with Crippen LogP contribution < -0.4 is 5.32 Å². The van der Waals surface area contributed by atoms with E-state index in [4.69, 9.17) is 0 Å². The molecule has 0 bridgehead atoms. The van der Waals surface area contributed by atoms with Crippen molar-refractivity contribution < 1.29 is 0 Å². The maximum atomic E-state index is 3.58. The van der Waals surface area contributed by atoms with Gasteiger partial charge in [0.15, 0.2) is 0 Å². The van der Waals surface area contributed by atoms with Crippen molar-refractivity contribution in [1.82, 2.24) is 5.32 Å². The van der Waals surface area contributed by atoms with Crippen LogP contribution in [0.15, 0.2) is 36.4 Å². The van der Waals surface area contributed by atoms with E-state index in [0.717, 1.165) is 6.54 Å². The third-order valence-electron chi connectivity index (χ3n) is 3.03. The largest absolute Gasteiger partial charge is 0.305 e. The molecule has 2 rings (SSSR count). The van der Waals surface area contributed by atoms with E-state index in [2.05, 4.69) is 62.5 Å². The van der Waals surface area contributed by atoms with E-state index in [9.17, 15) is 0 Å². The second kappa shape index (κ2) is 5.48. The first-order valence-corrected chi connectivity index (χ1v) is 6.82. The smallest absolute Gasteiger partial charge is 0.0305 e. The fraction of sp³-hybridized carbons (Fsp3) is 0.333. The Labute approximate surface area is 108 Å². The first-order chi connectivity index (χ1) is 8.16. The summed E-state index contributed by atoms with van der Waals surface area (Å²) >= 11 is 1.87. The van der Waals surface area contributed by atoms with Crippen LogP contribution in [0, 0.1) is 13.8 Å². The summed E-state index contributed by atoms with van der Waals surface area (Å²) in [5.41, 5.74) is 2.75. The van der Waals surface area contributed by atoms with Crippen LogP contribution in [0.3, 0.4) is 0 Å². The Balaban J connectivity index is 1.98. The predicted octanol–water partition coefficient (Wildman–Crippen LogP) is 4.22. The number of benzene rings is 1. The average Bonchev–Trinajstić information content (AvgIpc) is 2.73. The predicted molar refractivity (Wildman–Crippen MR) is 75.5 cm³/mol. The lowest BCUT2D eigenvalue weighted by atomic mass is 10.0. The van der Waals surface area contributed by atoms with Crippen LogP contribution in [0.25, 0.3) is 0 Å². The lowest BCUT2D eigenvalue weighted by Crippen LogP contribution is -2.18. The van der Waals surface area contributed by atoms with Crippen LogP contribution in [0.4, 0.5) is 0 Å². The molecule has 1 heterocycles.